The molecule has 2 aromatic rings. The Morgan fingerprint density at radius 1 is 0.947 bits per heavy atom. The number of amides is 1. The van der Waals surface area contributed by atoms with Crippen LogP contribution in [0, 0.1) is 5.41 Å². The normalized spacial score (nSPS) is 11.2. The zero-order valence-electron chi connectivity index (χ0n) is 19.6. The highest BCUT2D eigenvalue weighted by Crippen LogP contribution is 2.15. The number of nitrogen functional groups attached to an aromatic ring is 1. The highest BCUT2D eigenvalue weighted by atomic mass is 19.4. The summed E-state index contributed by atoms with van der Waals surface area (Å²) >= 11 is 0. The Morgan fingerprint density at radius 2 is 1.42 bits per heavy atom. The number of carbonyl (C=O) groups excluding carboxylic acids is 3. The van der Waals surface area contributed by atoms with Gasteiger partial charge >= 0.3 is 24.1 Å². The van der Waals surface area contributed by atoms with Crippen LogP contribution in [-0.2, 0) is 19.1 Å². The molecule has 0 spiro atoms. The van der Waals surface area contributed by atoms with Gasteiger partial charge in [-0.25, -0.2) is 9.59 Å². The number of halogens is 3. The molecule has 0 saturated carbocycles. The van der Waals surface area contributed by atoms with Gasteiger partial charge in [0.2, 0.25) is 0 Å². The summed E-state index contributed by atoms with van der Waals surface area (Å²) in [6, 6.07) is 10.4. The van der Waals surface area contributed by atoms with Crippen LogP contribution in [0.4, 0.5) is 13.2 Å². The maximum Gasteiger partial charge on any atom is 0.490 e. The van der Waals surface area contributed by atoms with Crippen LogP contribution in [0.25, 0.3) is 0 Å². The lowest BCUT2D eigenvalue weighted by Crippen LogP contribution is -2.44. The van der Waals surface area contributed by atoms with Crippen molar-refractivity contribution in [2.75, 3.05) is 13.2 Å². The number of alkyl halides is 3. The predicted molar refractivity (Wildman–Crippen MR) is 123 cm³/mol. The molecule has 1 atom stereocenters. The topological polar surface area (TPSA) is 206 Å². The number of hydrogen-bond donors (Lipinski definition) is 5. The minimum Gasteiger partial charge on any atom is -0.482 e. The monoisotopic (exact) mass is 541 g/mol. The molecule has 0 aliphatic rings. The molecule has 0 unspecified atom stereocenters. The minimum atomic E-state index is -5.08. The number of esters is 1. The summed E-state index contributed by atoms with van der Waals surface area (Å²) in [7, 11) is 0. The first-order valence-corrected chi connectivity index (χ1v) is 10.3. The number of amidine groups is 1. The van der Waals surface area contributed by atoms with Crippen molar-refractivity contribution in [1.29, 1.82) is 5.41 Å². The number of nitrogens with two attached hydrogens (primary N) is 1. The molecular weight excluding hydrogens is 519 g/mol. The van der Waals surface area contributed by atoms with Crippen LogP contribution in [-0.4, -0.2) is 71.1 Å². The van der Waals surface area contributed by atoms with E-state index in [1.54, 1.807) is 0 Å². The lowest BCUT2D eigenvalue weighted by Gasteiger charge is -2.18. The number of rotatable bonds is 10. The van der Waals surface area contributed by atoms with Crippen LogP contribution >= 0.6 is 0 Å². The number of ketones is 1. The fourth-order valence-electron chi connectivity index (χ4n) is 2.49. The highest BCUT2D eigenvalue weighted by Gasteiger charge is 2.38. The van der Waals surface area contributed by atoms with E-state index in [1.165, 1.54) is 55.5 Å². The summed E-state index contributed by atoms with van der Waals surface area (Å²) in [6.45, 7) is 0.280. The van der Waals surface area contributed by atoms with Gasteiger partial charge in [0.25, 0.3) is 5.91 Å². The SMILES string of the molecule is CC(=O)OC[C@H](NC(=O)c1ccc(C(=N)N)cc1)C(=O)c1ccc(OCC(=O)O)cc1.O=C(O)C(F)(F)F. The Hall–Kier alpha value is -4.95. The van der Waals surface area contributed by atoms with E-state index in [1.807, 2.05) is 0 Å². The second-order valence-corrected chi connectivity index (χ2v) is 7.19. The van der Waals surface area contributed by atoms with Crippen molar-refractivity contribution in [2.45, 2.75) is 19.1 Å². The maximum atomic E-state index is 12.9. The molecule has 0 aromatic heterocycles. The summed E-state index contributed by atoms with van der Waals surface area (Å²) in [4.78, 5) is 56.1. The van der Waals surface area contributed by atoms with Crippen molar-refractivity contribution < 1.29 is 56.8 Å². The van der Waals surface area contributed by atoms with Crippen molar-refractivity contribution in [2.24, 2.45) is 5.73 Å². The second-order valence-electron chi connectivity index (χ2n) is 7.19. The van der Waals surface area contributed by atoms with Gasteiger partial charge in [0.05, 0.1) is 0 Å². The van der Waals surface area contributed by atoms with E-state index in [2.05, 4.69) is 5.32 Å². The van der Waals surface area contributed by atoms with Gasteiger partial charge < -0.3 is 30.7 Å². The van der Waals surface area contributed by atoms with Crippen LogP contribution in [0.2, 0.25) is 0 Å². The lowest BCUT2D eigenvalue weighted by molar-refractivity contribution is -0.192. The number of carboxylic acid groups (broad SMARTS) is 2. The van der Waals surface area contributed by atoms with E-state index in [0.29, 0.717) is 5.56 Å². The molecule has 2 aromatic carbocycles. The minimum absolute atomic E-state index is 0.148. The summed E-state index contributed by atoms with van der Waals surface area (Å²) < 4.78 is 41.7. The third kappa shape index (κ3) is 10.8. The lowest BCUT2D eigenvalue weighted by atomic mass is 10.0. The average molecular weight is 541 g/mol. The Labute approximate surface area is 212 Å². The van der Waals surface area contributed by atoms with Crippen LogP contribution in [0.15, 0.2) is 48.5 Å². The highest BCUT2D eigenvalue weighted by molar-refractivity contribution is 6.05. The molecular formula is C23H22F3N3O9. The van der Waals surface area contributed by atoms with Gasteiger partial charge in [-0.3, -0.25) is 19.8 Å². The Morgan fingerprint density at radius 3 is 1.84 bits per heavy atom. The number of hydrogen-bond acceptors (Lipinski definition) is 8. The molecule has 0 bridgehead atoms. The number of aliphatic carboxylic acids is 2. The van der Waals surface area contributed by atoms with Gasteiger partial charge in [-0.1, -0.05) is 12.1 Å². The predicted octanol–water partition coefficient (Wildman–Crippen LogP) is 1.61. The number of carboxylic acids is 2. The van der Waals surface area contributed by atoms with Crippen LogP contribution in [0.5, 0.6) is 5.75 Å². The molecule has 0 aliphatic heterocycles. The summed E-state index contributed by atoms with van der Waals surface area (Å²) in [6.07, 6.45) is -5.08. The molecule has 0 heterocycles. The molecule has 0 fully saturated rings. The van der Waals surface area contributed by atoms with Gasteiger partial charge in [-0.2, -0.15) is 13.2 Å². The summed E-state index contributed by atoms with van der Waals surface area (Å²) in [5, 5.41) is 25.7. The zero-order chi connectivity index (χ0) is 29.0. The van der Waals surface area contributed by atoms with E-state index >= 15 is 0 Å². The Balaban J connectivity index is 0.000000905. The molecule has 204 valence electrons. The number of carbonyl (C=O) groups is 5. The third-order valence-corrected chi connectivity index (χ3v) is 4.28. The van der Waals surface area contributed by atoms with E-state index in [0.717, 1.165) is 0 Å². The molecule has 2 rings (SSSR count). The van der Waals surface area contributed by atoms with Crippen molar-refractivity contribution in [3.8, 4) is 5.75 Å². The van der Waals surface area contributed by atoms with Gasteiger partial charge in [-0.05, 0) is 36.4 Å². The van der Waals surface area contributed by atoms with Gasteiger partial charge in [-0.15, -0.1) is 0 Å². The summed E-state index contributed by atoms with van der Waals surface area (Å²) in [5.41, 5.74) is 6.25. The molecule has 6 N–H and O–H groups in total. The number of Topliss-reactive ketones (excluding diaryl/α,β-unsaturated/α-hetero) is 1. The van der Waals surface area contributed by atoms with Crippen molar-refractivity contribution in [1.82, 2.24) is 5.32 Å². The first-order valence-electron chi connectivity index (χ1n) is 10.3. The second kappa shape index (κ2) is 14.0. The third-order valence-electron chi connectivity index (χ3n) is 4.28. The van der Waals surface area contributed by atoms with Crippen molar-refractivity contribution >= 4 is 35.4 Å². The molecule has 12 nitrogen and oxygen atoms in total. The molecule has 0 aliphatic carbocycles. The number of nitrogens with one attached hydrogen (secondary N) is 2. The first kappa shape index (κ1) is 31.1. The van der Waals surface area contributed by atoms with Gasteiger partial charge in [0.1, 0.15) is 24.2 Å². The standard InChI is InChI=1S/C21H21N3O7.C2HF3O2/c1-12(25)30-10-17(24-21(29)15-4-2-14(3-5-15)20(22)23)19(28)13-6-8-16(9-7-13)31-11-18(26)27;3-2(4,5)1(6)7/h2-9,17H,10-11H2,1H3,(H3,22,23)(H,24,29)(H,26,27);(H,6,7)/t17-;/m0./s1. The fraction of sp³-hybridized carbons (Fsp3) is 0.217. The van der Waals surface area contributed by atoms with Gasteiger partial charge in [0.15, 0.2) is 12.4 Å². The molecule has 0 saturated heterocycles. The average Bonchev–Trinajstić information content (AvgIpc) is 2.84. The Bertz CT molecular complexity index is 1180. The van der Waals surface area contributed by atoms with Crippen molar-refractivity contribution in [3.63, 3.8) is 0 Å². The first-order chi connectivity index (χ1) is 17.6. The zero-order valence-corrected chi connectivity index (χ0v) is 19.6. The van der Waals surface area contributed by atoms with E-state index in [4.69, 9.17) is 35.6 Å². The van der Waals surface area contributed by atoms with E-state index < -0.39 is 48.4 Å². The Kier molecular flexibility index (Phi) is 11.4. The van der Waals surface area contributed by atoms with E-state index in [-0.39, 0.29) is 29.3 Å². The number of benzene rings is 2. The number of ether oxygens (including phenoxy) is 2. The maximum absolute atomic E-state index is 12.9. The fourth-order valence-corrected chi connectivity index (χ4v) is 2.49. The quantitative estimate of drug-likeness (QED) is 0.127. The molecule has 15 heteroatoms. The smallest absolute Gasteiger partial charge is 0.482 e. The molecule has 0 radical (unpaired) electrons. The molecule has 38 heavy (non-hydrogen) atoms. The molecule has 1 amide bonds. The van der Waals surface area contributed by atoms with Crippen LogP contribution < -0.4 is 15.8 Å². The van der Waals surface area contributed by atoms with Crippen LogP contribution in [0.1, 0.15) is 33.2 Å². The summed E-state index contributed by atoms with van der Waals surface area (Å²) in [5.74, 6) is -5.50. The van der Waals surface area contributed by atoms with Crippen molar-refractivity contribution in [3.05, 3.63) is 65.2 Å². The van der Waals surface area contributed by atoms with Gasteiger partial charge in [0, 0.05) is 23.6 Å². The van der Waals surface area contributed by atoms with Crippen LogP contribution in [0.3, 0.4) is 0 Å². The largest absolute Gasteiger partial charge is 0.490 e. The van der Waals surface area contributed by atoms with E-state index in [9.17, 15) is 32.3 Å².